The van der Waals surface area contributed by atoms with E-state index < -0.39 is 5.97 Å². The molecule has 0 amide bonds. The quantitative estimate of drug-likeness (QED) is 0.262. The summed E-state index contributed by atoms with van der Waals surface area (Å²) in [4.78, 5) is 16.2. The molecular formula is C23H25NO6. The van der Waals surface area contributed by atoms with E-state index in [0.717, 1.165) is 41.6 Å². The Hall–Kier alpha value is -3.48. The number of hydrogen-bond acceptors (Lipinski definition) is 6. The van der Waals surface area contributed by atoms with Crippen molar-refractivity contribution in [2.24, 2.45) is 5.16 Å². The SMILES string of the molecule is CCCCc1oc2ccccc2c1/C=N/OCCCOc1ccc(C(=O)O)c(O)c1. The zero-order valence-corrected chi connectivity index (χ0v) is 16.8. The average molecular weight is 411 g/mol. The first kappa shape index (κ1) is 21.2. The molecule has 0 aliphatic carbocycles. The van der Waals surface area contributed by atoms with Crippen LogP contribution in [0.2, 0.25) is 0 Å². The highest BCUT2D eigenvalue weighted by Gasteiger charge is 2.12. The number of rotatable bonds is 11. The number of carbonyl (C=O) groups is 1. The van der Waals surface area contributed by atoms with E-state index in [9.17, 15) is 9.90 Å². The lowest BCUT2D eigenvalue weighted by Gasteiger charge is -2.07. The summed E-state index contributed by atoms with van der Waals surface area (Å²) >= 11 is 0. The van der Waals surface area contributed by atoms with Gasteiger partial charge < -0.3 is 24.2 Å². The van der Waals surface area contributed by atoms with Gasteiger partial charge in [-0.15, -0.1) is 0 Å². The predicted octanol–water partition coefficient (Wildman–Crippen LogP) is 5.00. The zero-order chi connectivity index (χ0) is 21.3. The van der Waals surface area contributed by atoms with Crippen LogP contribution in [0.25, 0.3) is 11.0 Å². The van der Waals surface area contributed by atoms with E-state index in [1.165, 1.54) is 18.2 Å². The van der Waals surface area contributed by atoms with Gasteiger partial charge in [0.1, 0.15) is 35.0 Å². The summed E-state index contributed by atoms with van der Waals surface area (Å²) in [5, 5.41) is 23.7. The fraction of sp³-hybridized carbons (Fsp3) is 0.304. The lowest BCUT2D eigenvalue weighted by molar-refractivity contribution is 0.0693. The van der Waals surface area contributed by atoms with Crippen molar-refractivity contribution in [3.8, 4) is 11.5 Å². The minimum Gasteiger partial charge on any atom is -0.507 e. The maximum Gasteiger partial charge on any atom is 0.339 e. The number of para-hydroxylation sites is 1. The standard InChI is InChI=1S/C23H25NO6/c1-2-3-8-22-19(17-7-4-5-9-21(17)30-22)15-24-29-13-6-12-28-16-10-11-18(23(26)27)20(25)14-16/h4-5,7,9-11,14-15,25H,2-3,6,8,12-13H2,1H3,(H,26,27)/b24-15+. The van der Waals surface area contributed by atoms with Crippen LogP contribution in [0.4, 0.5) is 0 Å². The Balaban J connectivity index is 1.49. The molecule has 0 saturated heterocycles. The summed E-state index contributed by atoms with van der Waals surface area (Å²) in [6.07, 6.45) is 5.25. The van der Waals surface area contributed by atoms with Gasteiger partial charge in [-0.25, -0.2) is 4.79 Å². The minimum absolute atomic E-state index is 0.162. The molecule has 0 spiro atoms. The highest BCUT2D eigenvalue weighted by Crippen LogP contribution is 2.26. The molecule has 0 bridgehead atoms. The van der Waals surface area contributed by atoms with Crippen LogP contribution in [-0.2, 0) is 11.3 Å². The highest BCUT2D eigenvalue weighted by atomic mass is 16.6. The number of furan rings is 1. The van der Waals surface area contributed by atoms with Crippen LogP contribution in [0.5, 0.6) is 11.5 Å². The van der Waals surface area contributed by atoms with Crippen molar-refractivity contribution >= 4 is 23.2 Å². The second-order valence-corrected chi connectivity index (χ2v) is 6.79. The molecule has 2 N–H and O–H groups in total. The molecule has 7 nitrogen and oxygen atoms in total. The fourth-order valence-electron chi connectivity index (χ4n) is 3.02. The topological polar surface area (TPSA) is 101 Å². The van der Waals surface area contributed by atoms with Crippen LogP contribution in [0, 0.1) is 0 Å². The van der Waals surface area contributed by atoms with E-state index in [-0.39, 0.29) is 11.3 Å². The van der Waals surface area contributed by atoms with Crippen LogP contribution >= 0.6 is 0 Å². The summed E-state index contributed by atoms with van der Waals surface area (Å²) in [5.74, 6) is -0.203. The first-order valence-electron chi connectivity index (χ1n) is 9.95. The fourth-order valence-corrected chi connectivity index (χ4v) is 3.02. The average Bonchev–Trinajstić information content (AvgIpc) is 3.08. The third-order valence-electron chi connectivity index (χ3n) is 4.57. The number of phenols is 1. The van der Waals surface area contributed by atoms with Gasteiger partial charge in [-0.3, -0.25) is 0 Å². The molecule has 7 heteroatoms. The van der Waals surface area contributed by atoms with E-state index in [2.05, 4.69) is 12.1 Å². The molecule has 1 heterocycles. The number of nitrogens with zero attached hydrogens (tertiary/aromatic N) is 1. The number of hydrogen-bond donors (Lipinski definition) is 2. The maximum absolute atomic E-state index is 10.9. The van der Waals surface area contributed by atoms with Crippen molar-refractivity contribution in [2.75, 3.05) is 13.2 Å². The minimum atomic E-state index is -1.19. The number of benzene rings is 2. The molecular weight excluding hydrogens is 386 g/mol. The van der Waals surface area contributed by atoms with Crippen molar-refractivity contribution in [3.05, 3.63) is 59.4 Å². The molecule has 3 rings (SSSR count). The first-order chi connectivity index (χ1) is 14.6. The summed E-state index contributed by atoms with van der Waals surface area (Å²) in [7, 11) is 0. The van der Waals surface area contributed by atoms with Gasteiger partial charge in [0.2, 0.25) is 0 Å². The Kier molecular flexibility index (Phi) is 7.32. The Bertz CT molecular complexity index is 1020. The molecule has 30 heavy (non-hydrogen) atoms. The van der Waals surface area contributed by atoms with Gasteiger partial charge in [-0.1, -0.05) is 36.7 Å². The van der Waals surface area contributed by atoms with E-state index >= 15 is 0 Å². The predicted molar refractivity (Wildman–Crippen MR) is 114 cm³/mol. The van der Waals surface area contributed by atoms with Gasteiger partial charge in [-0.2, -0.15) is 0 Å². The number of oxime groups is 1. The Morgan fingerprint density at radius 1 is 1.17 bits per heavy atom. The highest BCUT2D eigenvalue weighted by molar-refractivity contribution is 5.99. The van der Waals surface area contributed by atoms with Gasteiger partial charge in [0.25, 0.3) is 0 Å². The van der Waals surface area contributed by atoms with Gasteiger partial charge in [0, 0.05) is 29.9 Å². The second-order valence-electron chi connectivity index (χ2n) is 6.79. The Labute approximate surface area is 174 Å². The third-order valence-corrected chi connectivity index (χ3v) is 4.57. The van der Waals surface area contributed by atoms with Crippen LogP contribution in [0.3, 0.4) is 0 Å². The number of carboxylic acid groups (broad SMARTS) is 1. The second kappa shape index (κ2) is 10.3. The van der Waals surface area contributed by atoms with Crippen molar-refractivity contribution in [1.82, 2.24) is 0 Å². The van der Waals surface area contributed by atoms with Crippen molar-refractivity contribution < 1.29 is 29.0 Å². The zero-order valence-electron chi connectivity index (χ0n) is 16.8. The molecule has 1 aromatic heterocycles. The molecule has 0 atom stereocenters. The van der Waals surface area contributed by atoms with E-state index in [0.29, 0.717) is 25.4 Å². The van der Waals surface area contributed by atoms with Crippen molar-refractivity contribution in [2.45, 2.75) is 32.6 Å². The molecule has 3 aromatic rings. The lowest BCUT2D eigenvalue weighted by atomic mass is 10.1. The molecule has 0 radical (unpaired) electrons. The van der Waals surface area contributed by atoms with Crippen LogP contribution in [0.15, 0.2) is 52.0 Å². The summed E-state index contributed by atoms with van der Waals surface area (Å²) in [6.45, 7) is 2.84. The third kappa shape index (κ3) is 5.31. The number of aromatic carboxylic acids is 1. The molecule has 0 unspecified atom stereocenters. The van der Waals surface area contributed by atoms with Gasteiger partial charge in [0.05, 0.1) is 12.8 Å². The van der Waals surface area contributed by atoms with Gasteiger partial charge in [-0.05, 0) is 24.6 Å². The van der Waals surface area contributed by atoms with Crippen LogP contribution in [-0.4, -0.2) is 35.6 Å². The number of carboxylic acids is 1. The molecule has 0 saturated carbocycles. The number of unbranched alkanes of at least 4 members (excludes halogenated alkanes) is 1. The van der Waals surface area contributed by atoms with Crippen LogP contribution < -0.4 is 4.74 Å². The normalized spacial score (nSPS) is 11.2. The number of aromatic hydroxyl groups is 1. The smallest absolute Gasteiger partial charge is 0.339 e. The maximum atomic E-state index is 10.9. The van der Waals surface area contributed by atoms with Crippen LogP contribution in [0.1, 0.15) is 47.9 Å². The molecule has 158 valence electrons. The molecule has 0 aliphatic rings. The number of fused-ring (bicyclic) bond motifs is 1. The summed E-state index contributed by atoms with van der Waals surface area (Å²) < 4.78 is 11.4. The Morgan fingerprint density at radius 3 is 2.77 bits per heavy atom. The van der Waals surface area contributed by atoms with E-state index in [1.54, 1.807) is 6.21 Å². The first-order valence-corrected chi connectivity index (χ1v) is 9.95. The molecule has 0 aliphatic heterocycles. The van der Waals surface area contributed by atoms with Gasteiger partial charge >= 0.3 is 5.97 Å². The Morgan fingerprint density at radius 2 is 2.00 bits per heavy atom. The summed E-state index contributed by atoms with van der Waals surface area (Å²) in [5.41, 5.74) is 1.63. The number of aryl methyl sites for hydroxylation is 1. The molecule has 0 fully saturated rings. The largest absolute Gasteiger partial charge is 0.507 e. The van der Waals surface area contributed by atoms with Gasteiger partial charge in [0.15, 0.2) is 0 Å². The van der Waals surface area contributed by atoms with E-state index in [4.69, 9.17) is 19.1 Å². The monoisotopic (exact) mass is 411 g/mol. The summed E-state index contributed by atoms with van der Waals surface area (Å²) in [6, 6.07) is 12.0. The van der Waals surface area contributed by atoms with E-state index in [1.807, 2.05) is 24.3 Å². The molecule has 2 aromatic carbocycles. The van der Waals surface area contributed by atoms with Crippen molar-refractivity contribution in [1.29, 1.82) is 0 Å². The number of ether oxygens (including phenoxy) is 1. The lowest BCUT2D eigenvalue weighted by Crippen LogP contribution is -2.02. The van der Waals surface area contributed by atoms with Crippen molar-refractivity contribution in [3.63, 3.8) is 0 Å².